The van der Waals surface area contributed by atoms with Crippen LogP contribution in [0.1, 0.15) is 32.1 Å². The highest BCUT2D eigenvalue weighted by molar-refractivity contribution is 5.66. The Morgan fingerprint density at radius 3 is 2.69 bits per heavy atom. The summed E-state index contributed by atoms with van der Waals surface area (Å²) in [5, 5.41) is 13.4. The molecular formula is C13H20N2O. The Bertz CT molecular complexity index is 340. The number of hydrogen-bond acceptors (Lipinski definition) is 3. The molecule has 1 aliphatic carbocycles. The van der Waals surface area contributed by atoms with E-state index in [0.717, 1.165) is 30.6 Å². The fourth-order valence-electron chi connectivity index (χ4n) is 2.28. The second-order valence-electron chi connectivity index (χ2n) is 4.54. The molecule has 0 aromatic heterocycles. The van der Waals surface area contributed by atoms with Crippen LogP contribution in [0.15, 0.2) is 24.3 Å². The molecule has 2 rings (SSSR count). The molecule has 2 unspecified atom stereocenters. The zero-order chi connectivity index (χ0) is 11.4. The van der Waals surface area contributed by atoms with E-state index in [1.165, 1.54) is 12.8 Å². The molecule has 0 spiro atoms. The Kier molecular flexibility index (Phi) is 3.67. The van der Waals surface area contributed by atoms with Crippen LogP contribution in [0.25, 0.3) is 0 Å². The third kappa shape index (κ3) is 2.67. The third-order valence-electron chi connectivity index (χ3n) is 3.28. The van der Waals surface area contributed by atoms with Crippen LogP contribution in [-0.4, -0.2) is 17.3 Å². The summed E-state index contributed by atoms with van der Waals surface area (Å²) in [6.07, 6.45) is 5.20. The molecule has 1 saturated carbocycles. The maximum absolute atomic E-state index is 10.00. The number of hydrogen-bond donors (Lipinski definition) is 3. The topological polar surface area (TPSA) is 58.3 Å². The first-order valence-electron chi connectivity index (χ1n) is 6.06. The monoisotopic (exact) mass is 220 g/mol. The molecule has 0 heterocycles. The van der Waals surface area contributed by atoms with Crippen molar-refractivity contribution < 1.29 is 5.11 Å². The molecule has 3 heteroatoms. The highest BCUT2D eigenvalue weighted by atomic mass is 16.3. The molecule has 1 aromatic carbocycles. The molecule has 1 fully saturated rings. The van der Waals surface area contributed by atoms with E-state index in [0.29, 0.717) is 0 Å². The van der Waals surface area contributed by atoms with Gasteiger partial charge in [0.25, 0.3) is 0 Å². The molecule has 1 aromatic rings. The molecule has 3 nitrogen and oxygen atoms in total. The van der Waals surface area contributed by atoms with Crippen molar-refractivity contribution in [2.45, 2.75) is 44.2 Å². The lowest BCUT2D eigenvalue weighted by Crippen LogP contribution is -2.32. The van der Waals surface area contributed by atoms with Crippen molar-refractivity contribution >= 4 is 11.4 Å². The Morgan fingerprint density at radius 1 is 1.12 bits per heavy atom. The molecule has 0 saturated heterocycles. The molecule has 0 amide bonds. The van der Waals surface area contributed by atoms with Crippen molar-refractivity contribution in [1.29, 1.82) is 0 Å². The van der Waals surface area contributed by atoms with Gasteiger partial charge < -0.3 is 16.2 Å². The van der Waals surface area contributed by atoms with Crippen molar-refractivity contribution in [3.63, 3.8) is 0 Å². The molecule has 2 atom stereocenters. The average molecular weight is 220 g/mol. The molecule has 16 heavy (non-hydrogen) atoms. The standard InChI is InChI=1S/C13H20N2O/c14-10-6-4-5-7-11(10)15-12-8-2-1-3-9-13(12)16/h4-7,12-13,15-16H,1-3,8-9,14H2. The van der Waals surface area contributed by atoms with E-state index in [-0.39, 0.29) is 12.1 Å². The molecule has 0 radical (unpaired) electrons. The molecule has 88 valence electrons. The summed E-state index contributed by atoms with van der Waals surface area (Å²) in [4.78, 5) is 0. The zero-order valence-electron chi connectivity index (χ0n) is 9.52. The SMILES string of the molecule is Nc1ccccc1NC1CCCCCC1O. The van der Waals surface area contributed by atoms with E-state index in [4.69, 9.17) is 5.73 Å². The van der Waals surface area contributed by atoms with Crippen molar-refractivity contribution in [2.24, 2.45) is 0 Å². The fraction of sp³-hybridized carbons (Fsp3) is 0.538. The second-order valence-corrected chi connectivity index (χ2v) is 4.54. The van der Waals surface area contributed by atoms with E-state index >= 15 is 0 Å². The number of rotatable bonds is 2. The van der Waals surface area contributed by atoms with Gasteiger partial charge in [-0.15, -0.1) is 0 Å². The maximum Gasteiger partial charge on any atom is 0.0741 e. The molecular weight excluding hydrogens is 200 g/mol. The van der Waals surface area contributed by atoms with Crippen molar-refractivity contribution in [1.82, 2.24) is 0 Å². The highest BCUT2D eigenvalue weighted by Gasteiger charge is 2.21. The largest absolute Gasteiger partial charge is 0.397 e. The van der Waals surface area contributed by atoms with Crippen LogP contribution in [0.3, 0.4) is 0 Å². The van der Waals surface area contributed by atoms with E-state index in [1.54, 1.807) is 0 Å². The van der Waals surface area contributed by atoms with Gasteiger partial charge in [0.1, 0.15) is 0 Å². The summed E-state index contributed by atoms with van der Waals surface area (Å²) in [6, 6.07) is 7.87. The van der Waals surface area contributed by atoms with Crippen LogP contribution in [0, 0.1) is 0 Å². The van der Waals surface area contributed by atoms with Gasteiger partial charge >= 0.3 is 0 Å². The van der Waals surface area contributed by atoms with Gasteiger partial charge in [0.2, 0.25) is 0 Å². The van der Waals surface area contributed by atoms with Crippen LogP contribution in [-0.2, 0) is 0 Å². The predicted octanol–water partition coefficient (Wildman–Crippen LogP) is 2.37. The molecule has 0 bridgehead atoms. The van der Waals surface area contributed by atoms with Crippen LogP contribution >= 0.6 is 0 Å². The fourth-order valence-corrected chi connectivity index (χ4v) is 2.28. The number of nitrogens with one attached hydrogen (secondary N) is 1. The average Bonchev–Trinajstić information content (AvgIpc) is 2.48. The minimum absolute atomic E-state index is 0.146. The van der Waals surface area contributed by atoms with Crippen molar-refractivity contribution in [3.8, 4) is 0 Å². The Balaban J connectivity index is 2.05. The number of benzene rings is 1. The van der Waals surface area contributed by atoms with E-state index in [1.807, 2.05) is 24.3 Å². The number of anilines is 2. The van der Waals surface area contributed by atoms with E-state index in [9.17, 15) is 5.11 Å². The van der Waals surface area contributed by atoms with E-state index in [2.05, 4.69) is 5.32 Å². The first-order valence-corrected chi connectivity index (χ1v) is 6.06. The minimum atomic E-state index is -0.248. The molecule has 4 N–H and O–H groups in total. The number of nitrogen functional groups attached to an aromatic ring is 1. The van der Waals surface area contributed by atoms with Gasteiger partial charge in [-0.3, -0.25) is 0 Å². The zero-order valence-corrected chi connectivity index (χ0v) is 9.52. The van der Waals surface area contributed by atoms with Crippen LogP contribution < -0.4 is 11.1 Å². The summed E-state index contributed by atoms with van der Waals surface area (Å²) in [5.74, 6) is 0. The third-order valence-corrected chi connectivity index (χ3v) is 3.28. The van der Waals surface area contributed by atoms with Gasteiger partial charge in [0.05, 0.1) is 23.5 Å². The summed E-state index contributed by atoms with van der Waals surface area (Å²) >= 11 is 0. The van der Waals surface area contributed by atoms with Crippen molar-refractivity contribution in [2.75, 3.05) is 11.1 Å². The lowest BCUT2D eigenvalue weighted by Gasteiger charge is -2.23. The van der Waals surface area contributed by atoms with Gasteiger partial charge in [-0.05, 0) is 25.0 Å². The summed E-state index contributed by atoms with van der Waals surface area (Å²) in [6.45, 7) is 0. The normalized spacial score (nSPS) is 26.1. The summed E-state index contributed by atoms with van der Waals surface area (Å²) < 4.78 is 0. The smallest absolute Gasteiger partial charge is 0.0741 e. The van der Waals surface area contributed by atoms with Gasteiger partial charge in [-0.25, -0.2) is 0 Å². The van der Waals surface area contributed by atoms with Gasteiger partial charge in [0, 0.05) is 0 Å². The number of nitrogens with two attached hydrogens (primary N) is 1. The Hall–Kier alpha value is -1.22. The lowest BCUT2D eigenvalue weighted by molar-refractivity contribution is 0.144. The van der Waals surface area contributed by atoms with Crippen LogP contribution in [0.4, 0.5) is 11.4 Å². The molecule has 0 aliphatic heterocycles. The van der Waals surface area contributed by atoms with E-state index < -0.39 is 0 Å². The maximum atomic E-state index is 10.00. The van der Waals surface area contributed by atoms with Gasteiger partial charge in [-0.2, -0.15) is 0 Å². The quantitative estimate of drug-likeness (QED) is 0.530. The Labute approximate surface area is 96.7 Å². The van der Waals surface area contributed by atoms with Crippen LogP contribution in [0.5, 0.6) is 0 Å². The Morgan fingerprint density at radius 2 is 1.88 bits per heavy atom. The van der Waals surface area contributed by atoms with Crippen molar-refractivity contribution in [3.05, 3.63) is 24.3 Å². The highest BCUT2D eigenvalue weighted by Crippen LogP contribution is 2.24. The van der Waals surface area contributed by atoms with Gasteiger partial charge in [-0.1, -0.05) is 31.4 Å². The first kappa shape index (κ1) is 11.3. The van der Waals surface area contributed by atoms with Crippen LogP contribution in [0.2, 0.25) is 0 Å². The molecule has 1 aliphatic rings. The minimum Gasteiger partial charge on any atom is -0.397 e. The number of aliphatic hydroxyl groups is 1. The van der Waals surface area contributed by atoms with Gasteiger partial charge in [0.15, 0.2) is 0 Å². The number of para-hydroxylation sites is 2. The summed E-state index contributed by atoms with van der Waals surface area (Å²) in [7, 11) is 0. The predicted molar refractivity (Wildman–Crippen MR) is 67.4 cm³/mol. The second kappa shape index (κ2) is 5.21. The lowest BCUT2D eigenvalue weighted by atomic mass is 10.1. The first-order chi connectivity index (χ1) is 7.77. The summed E-state index contributed by atoms with van der Waals surface area (Å²) in [5.41, 5.74) is 7.57. The number of aliphatic hydroxyl groups excluding tert-OH is 1.